The first-order valence-electron chi connectivity index (χ1n) is 11.8. The number of aromatic nitrogens is 6. The third-order valence-electron chi connectivity index (χ3n) is 6.34. The summed E-state index contributed by atoms with van der Waals surface area (Å²) < 4.78 is 42.4. The zero-order chi connectivity index (χ0) is 25.7. The summed E-state index contributed by atoms with van der Waals surface area (Å²) in [6.07, 6.45) is 2.90. The molecule has 1 atom stereocenters. The van der Waals surface area contributed by atoms with Crippen LogP contribution in [0.15, 0.2) is 54.9 Å². The highest BCUT2D eigenvalue weighted by molar-refractivity contribution is 5.97. The number of fused-ring (bicyclic) bond motifs is 2. The van der Waals surface area contributed by atoms with Crippen molar-refractivity contribution in [2.75, 3.05) is 6.61 Å². The van der Waals surface area contributed by atoms with Gasteiger partial charge in [-0.05, 0) is 24.6 Å². The van der Waals surface area contributed by atoms with Gasteiger partial charge in [0.1, 0.15) is 18.5 Å². The third kappa shape index (κ3) is 4.10. The van der Waals surface area contributed by atoms with Crippen LogP contribution in [0.1, 0.15) is 11.3 Å². The molecule has 1 N–H and O–H groups in total. The monoisotopic (exact) mass is 506 g/mol. The highest BCUT2D eigenvalue weighted by atomic mass is 19.3. The predicted octanol–water partition coefficient (Wildman–Crippen LogP) is 3.96. The molecule has 0 spiro atoms. The minimum absolute atomic E-state index is 0.119. The Morgan fingerprint density at radius 3 is 2.70 bits per heavy atom. The van der Waals surface area contributed by atoms with E-state index in [-0.39, 0.29) is 19.0 Å². The Balaban J connectivity index is 1.60. The van der Waals surface area contributed by atoms with Crippen LogP contribution in [0.2, 0.25) is 0 Å². The van der Waals surface area contributed by atoms with Crippen molar-refractivity contribution in [1.29, 1.82) is 0 Å². The highest BCUT2D eigenvalue weighted by Gasteiger charge is 2.33. The number of pyridine rings is 1. The second kappa shape index (κ2) is 9.00. The molecule has 9 nitrogen and oxygen atoms in total. The molecule has 3 aromatic rings. The number of benzene rings is 1. The van der Waals surface area contributed by atoms with Crippen LogP contribution >= 0.6 is 0 Å². The summed E-state index contributed by atoms with van der Waals surface area (Å²) in [5, 5.41) is 18.8. The Morgan fingerprint density at radius 2 is 1.92 bits per heavy atom. The lowest BCUT2D eigenvalue weighted by Gasteiger charge is -2.20. The van der Waals surface area contributed by atoms with Gasteiger partial charge in [0.25, 0.3) is 0 Å². The fourth-order valence-electron chi connectivity index (χ4n) is 4.85. The molecular formula is C26H24F2N6O3. The molecule has 0 bridgehead atoms. The maximum atomic E-state index is 13.3. The Kier molecular flexibility index (Phi) is 5.64. The number of aliphatic hydroxyl groups is 1. The van der Waals surface area contributed by atoms with Crippen molar-refractivity contribution >= 4 is 0 Å². The molecule has 3 aliphatic rings. The summed E-state index contributed by atoms with van der Waals surface area (Å²) in [6, 6.07) is 13.8. The largest absolute Gasteiger partial charge is 0.475 e. The zero-order valence-electron chi connectivity index (χ0n) is 20.2. The molecule has 2 aromatic heterocycles. The lowest BCUT2D eigenvalue weighted by Crippen LogP contribution is -2.30. The fourth-order valence-corrected chi connectivity index (χ4v) is 4.85. The minimum atomic E-state index is -3.04. The van der Waals surface area contributed by atoms with Crippen LogP contribution in [0.5, 0.6) is 11.8 Å². The molecule has 6 rings (SSSR count). The molecule has 37 heavy (non-hydrogen) atoms. The smallest absolute Gasteiger partial charge is 0.388 e. The maximum Gasteiger partial charge on any atom is 0.388 e. The van der Waals surface area contributed by atoms with E-state index in [1.54, 1.807) is 17.9 Å². The van der Waals surface area contributed by atoms with Gasteiger partial charge in [0.15, 0.2) is 0 Å². The van der Waals surface area contributed by atoms with E-state index < -0.39 is 12.7 Å². The second-order valence-electron chi connectivity index (χ2n) is 9.01. The number of aliphatic hydroxyl groups excluding tert-OH is 1. The number of nitrogens with zero attached hydrogens (tertiary/aromatic N) is 6. The Bertz CT molecular complexity index is 1540. The molecule has 190 valence electrons. The number of hydrogen-bond acceptors (Lipinski definition) is 6. The van der Waals surface area contributed by atoms with Gasteiger partial charge in [-0.1, -0.05) is 30.3 Å². The van der Waals surface area contributed by atoms with Crippen molar-refractivity contribution in [1.82, 2.24) is 29.1 Å². The molecule has 0 aliphatic carbocycles. The van der Waals surface area contributed by atoms with E-state index >= 15 is 0 Å². The van der Waals surface area contributed by atoms with Gasteiger partial charge in [0, 0.05) is 37.1 Å². The van der Waals surface area contributed by atoms with Crippen LogP contribution in [0, 0.1) is 6.92 Å². The van der Waals surface area contributed by atoms with Gasteiger partial charge in [-0.25, -0.2) is 9.67 Å². The van der Waals surface area contributed by atoms with Gasteiger partial charge in [-0.15, -0.1) is 5.10 Å². The lowest BCUT2D eigenvalue weighted by molar-refractivity contribution is -0.0527. The summed E-state index contributed by atoms with van der Waals surface area (Å²) in [5.41, 5.74) is 4.61. The molecule has 0 unspecified atom stereocenters. The van der Waals surface area contributed by atoms with Gasteiger partial charge < -0.3 is 19.1 Å². The summed E-state index contributed by atoms with van der Waals surface area (Å²) in [4.78, 5) is 5.03. The fraction of sp³-hybridized carbons (Fsp3) is 0.269. The number of halogens is 2. The van der Waals surface area contributed by atoms with E-state index in [0.717, 1.165) is 11.1 Å². The summed E-state index contributed by atoms with van der Waals surface area (Å²) in [5.74, 6) is 0.946. The zero-order valence-corrected chi connectivity index (χ0v) is 20.2. The standard InChI is InChI=1S/C26H24F2N6O3/c1-15-20(25-34(30-15)12-17(35)14-36-25)22-21(19-13-32(2)31-24(19)37-26(27)28)18-9-6-10-33(23(18)29-22)11-16-7-4-3-5-8-16/h3-10,13,17,26,35H,11-12,14H2,1-2H3/t17-/m0/s1. The van der Waals surface area contributed by atoms with Crippen LogP contribution in [0.4, 0.5) is 8.78 Å². The molecule has 0 amide bonds. The van der Waals surface area contributed by atoms with Crippen LogP contribution < -0.4 is 9.47 Å². The van der Waals surface area contributed by atoms with Crippen molar-refractivity contribution < 1.29 is 23.4 Å². The molecule has 5 heterocycles. The van der Waals surface area contributed by atoms with Gasteiger partial charge in [-0.2, -0.15) is 13.9 Å². The number of alkyl halides is 2. The molecular weight excluding hydrogens is 482 g/mol. The average molecular weight is 507 g/mol. The number of rotatable bonds is 6. The Labute approximate surface area is 210 Å². The summed E-state index contributed by atoms with van der Waals surface area (Å²) >= 11 is 0. The van der Waals surface area contributed by atoms with Crippen molar-refractivity contribution in [2.45, 2.75) is 32.7 Å². The average Bonchev–Trinajstić information content (AvgIpc) is 3.50. The van der Waals surface area contributed by atoms with E-state index in [2.05, 4.69) is 10.2 Å². The Morgan fingerprint density at radius 1 is 1.11 bits per heavy atom. The van der Waals surface area contributed by atoms with Gasteiger partial charge in [-0.3, -0.25) is 4.68 Å². The summed E-state index contributed by atoms with van der Waals surface area (Å²) in [6.45, 7) is -0.238. The van der Waals surface area contributed by atoms with Crippen molar-refractivity contribution in [3.8, 4) is 45.5 Å². The summed E-state index contributed by atoms with van der Waals surface area (Å²) in [7, 11) is 1.65. The normalized spacial score (nSPS) is 15.2. The van der Waals surface area contributed by atoms with Crippen molar-refractivity contribution in [2.24, 2.45) is 7.05 Å². The van der Waals surface area contributed by atoms with Crippen molar-refractivity contribution in [3.05, 3.63) is 66.1 Å². The van der Waals surface area contributed by atoms with E-state index in [9.17, 15) is 13.9 Å². The van der Waals surface area contributed by atoms with E-state index in [1.165, 1.54) is 4.68 Å². The van der Waals surface area contributed by atoms with Gasteiger partial charge in [0.05, 0.1) is 29.1 Å². The van der Waals surface area contributed by atoms with Crippen LogP contribution in [-0.4, -0.2) is 53.5 Å². The van der Waals surface area contributed by atoms with Crippen LogP contribution in [0.25, 0.3) is 33.8 Å². The van der Waals surface area contributed by atoms with E-state index in [1.807, 2.05) is 60.2 Å². The molecule has 0 saturated heterocycles. The third-order valence-corrected chi connectivity index (χ3v) is 6.34. The first kappa shape index (κ1) is 23.2. The maximum absolute atomic E-state index is 13.3. The highest BCUT2D eigenvalue weighted by Crippen LogP contribution is 2.48. The van der Waals surface area contributed by atoms with Crippen molar-refractivity contribution in [3.63, 3.8) is 0 Å². The predicted molar refractivity (Wildman–Crippen MR) is 131 cm³/mol. The quantitative estimate of drug-likeness (QED) is 0.375. The topological polar surface area (TPSA) is 92.2 Å². The molecule has 1 aromatic carbocycles. The van der Waals surface area contributed by atoms with Gasteiger partial charge >= 0.3 is 6.61 Å². The number of aryl methyl sites for hydroxylation is 2. The Hall–Kier alpha value is -4.25. The first-order chi connectivity index (χ1) is 17.9. The number of hydrogen-bond donors (Lipinski definition) is 1. The first-order valence-corrected chi connectivity index (χ1v) is 11.8. The van der Waals surface area contributed by atoms with Crippen LogP contribution in [0.3, 0.4) is 0 Å². The molecule has 0 radical (unpaired) electrons. The molecule has 11 heteroatoms. The van der Waals surface area contributed by atoms with Gasteiger partial charge in [0.2, 0.25) is 11.8 Å². The molecule has 3 aliphatic heterocycles. The molecule has 0 saturated carbocycles. The second-order valence-corrected chi connectivity index (χ2v) is 9.01. The SMILES string of the molecule is Cc1nn2c(c1-c1nc3n(Cc4ccccc4)cccc-3c1-c1cn(C)nc1OC(F)F)OC[C@@H](O)C2. The molecule has 0 fully saturated rings. The minimum Gasteiger partial charge on any atom is -0.475 e. The number of ether oxygens (including phenoxy) is 2. The lowest BCUT2D eigenvalue weighted by atomic mass is 9.99. The van der Waals surface area contributed by atoms with E-state index in [0.29, 0.717) is 46.3 Å². The van der Waals surface area contributed by atoms with E-state index in [4.69, 9.17) is 14.5 Å². The van der Waals surface area contributed by atoms with Crippen LogP contribution in [-0.2, 0) is 20.1 Å².